The van der Waals surface area contributed by atoms with Gasteiger partial charge in [0.1, 0.15) is 12.4 Å². The molecule has 3 aromatic rings. The summed E-state index contributed by atoms with van der Waals surface area (Å²) in [6, 6.07) is 9.62. The number of pyridine rings is 1. The molecule has 3 heterocycles. The number of anilines is 1. The van der Waals surface area contributed by atoms with Crippen molar-refractivity contribution < 1.29 is 4.39 Å². The van der Waals surface area contributed by atoms with E-state index in [4.69, 9.17) is 11.6 Å². The number of rotatable bonds is 3. The summed E-state index contributed by atoms with van der Waals surface area (Å²) in [6.07, 6.45) is 5.44. The first-order valence-corrected chi connectivity index (χ1v) is 9.32. The minimum atomic E-state index is -1.53. The Bertz CT molecular complexity index is 1030. The molecule has 0 bridgehead atoms. The Labute approximate surface area is 167 Å². The number of alkyl halides is 1. The molecule has 142 valence electrons. The summed E-state index contributed by atoms with van der Waals surface area (Å²) in [5.74, 6) is 0.339. The van der Waals surface area contributed by atoms with Gasteiger partial charge in [0.2, 0.25) is 0 Å². The molecule has 0 aliphatic carbocycles. The van der Waals surface area contributed by atoms with Gasteiger partial charge in [0, 0.05) is 50.9 Å². The van der Waals surface area contributed by atoms with Crippen molar-refractivity contribution >= 4 is 17.3 Å². The smallest absolute Gasteiger partial charge is 0.173 e. The summed E-state index contributed by atoms with van der Waals surface area (Å²) >= 11 is 6.56. The van der Waals surface area contributed by atoms with E-state index in [0.717, 1.165) is 11.1 Å². The fourth-order valence-corrected chi connectivity index (χ4v) is 4.04. The van der Waals surface area contributed by atoms with Crippen molar-refractivity contribution in [1.29, 1.82) is 5.26 Å². The van der Waals surface area contributed by atoms with Crippen molar-refractivity contribution in [2.75, 3.05) is 18.0 Å². The summed E-state index contributed by atoms with van der Waals surface area (Å²) in [5.41, 5.74) is 1.30. The molecular formula is C20H18ClFN6. The van der Waals surface area contributed by atoms with E-state index in [-0.39, 0.29) is 12.8 Å². The Hall–Kier alpha value is -2.98. The molecule has 8 heteroatoms. The summed E-state index contributed by atoms with van der Waals surface area (Å²) in [6.45, 7) is 0.869. The second kappa shape index (κ2) is 7.21. The zero-order valence-electron chi connectivity index (χ0n) is 15.3. The molecule has 2 aromatic heterocycles. The molecule has 0 atom stereocenters. The van der Waals surface area contributed by atoms with Crippen LogP contribution in [0, 0.1) is 11.3 Å². The minimum absolute atomic E-state index is 0.255. The Morgan fingerprint density at radius 2 is 2.04 bits per heavy atom. The van der Waals surface area contributed by atoms with E-state index in [1.165, 1.54) is 6.33 Å². The second-order valence-corrected chi connectivity index (χ2v) is 7.33. The number of aromatic nitrogens is 4. The number of halogens is 2. The van der Waals surface area contributed by atoms with Gasteiger partial charge in [-0.1, -0.05) is 17.7 Å². The highest BCUT2D eigenvalue weighted by atomic mass is 35.5. The van der Waals surface area contributed by atoms with Crippen molar-refractivity contribution in [2.45, 2.75) is 18.5 Å². The van der Waals surface area contributed by atoms with E-state index in [1.807, 2.05) is 23.1 Å². The average Bonchev–Trinajstić information content (AvgIpc) is 3.16. The zero-order chi connectivity index (χ0) is 19.7. The summed E-state index contributed by atoms with van der Waals surface area (Å²) in [7, 11) is 1.74. The van der Waals surface area contributed by atoms with Gasteiger partial charge in [-0.25, -0.2) is 4.39 Å². The maximum Gasteiger partial charge on any atom is 0.173 e. The van der Waals surface area contributed by atoms with Crippen LogP contribution in [0.5, 0.6) is 0 Å². The van der Waals surface area contributed by atoms with Gasteiger partial charge < -0.3 is 9.47 Å². The predicted molar refractivity (Wildman–Crippen MR) is 105 cm³/mol. The van der Waals surface area contributed by atoms with Crippen LogP contribution < -0.4 is 4.90 Å². The van der Waals surface area contributed by atoms with Gasteiger partial charge in [-0.2, -0.15) is 5.26 Å². The number of piperidine rings is 1. The third-order valence-electron chi connectivity index (χ3n) is 5.16. The van der Waals surface area contributed by atoms with Crippen LogP contribution in [0.2, 0.25) is 5.02 Å². The van der Waals surface area contributed by atoms with Crippen LogP contribution in [0.4, 0.5) is 10.1 Å². The topological polar surface area (TPSA) is 70.6 Å². The molecule has 0 amide bonds. The SMILES string of the molecule is Cn1cnnc1C1(F)CCN(c2c(Cl)cc(-c3cccnc3)cc2C#N)CC1. The standard InChI is InChI=1S/C20H18ClFN6/c1-27-13-25-26-19(27)20(22)4-7-28(8-5-20)18-16(11-23)9-15(10-17(18)21)14-3-2-6-24-12-14/h2-3,6,9-10,12-13H,4-5,7-8H2,1H3. The number of hydrogen-bond donors (Lipinski definition) is 0. The first-order valence-electron chi connectivity index (χ1n) is 8.94. The Kier molecular flexibility index (Phi) is 4.73. The molecule has 1 fully saturated rings. The highest BCUT2D eigenvalue weighted by Gasteiger charge is 2.40. The fourth-order valence-electron chi connectivity index (χ4n) is 3.70. The van der Waals surface area contributed by atoms with Crippen molar-refractivity contribution in [3.05, 3.63) is 59.4 Å². The second-order valence-electron chi connectivity index (χ2n) is 6.93. The van der Waals surface area contributed by atoms with Crippen molar-refractivity contribution in [3.63, 3.8) is 0 Å². The van der Waals surface area contributed by atoms with Crippen LogP contribution in [-0.2, 0) is 12.7 Å². The number of nitriles is 1. The molecule has 4 rings (SSSR count). The van der Waals surface area contributed by atoms with Gasteiger partial charge in [-0.3, -0.25) is 4.98 Å². The Morgan fingerprint density at radius 1 is 1.25 bits per heavy atom. The van der Waals surface area contributed by atoms with Crippen LogP contribution in [-0.4, -0.2) is 32.8 Å². The molecular weight excluding hydrogens is 379 g/mol. The van der Waals surface area contributed by atoms with Gasteiger partial charge >= 0.3 is 0 Å². The molecule has 6 nitrogen and oxygen atoms in total. The van der Waals surface area contributed by atoms with Crippen LogP contribution >= 0.6 is 11.6 Å². The van der Waals surface area contributed by atoms with Crippen molar-refractivity contribution in [1.82, 2.24) is 19.7 Å². The monoisotopic (exact) mass is 396 g/mol. The highest BCUT2D eigenvalue weighted by Crippen LogP contribution is 2.41. The normalized spacial score (nSPS) is 16.0. The highest BCUT2D eigenvalue weighted by molar-refractivity contribution is 6.34. The van der Waals surface area contributed by atoms with Crippen LogP contribution in [0.3, 0.4) is 0 Å². The van der Waals surface area contributed by atoms with E-state index in [0.29, 0.717) is 35.2 Å². The van der Waals surface area contributed by atoms with E-state index in [1.54, 1.807) is 30.1 Å². The molecule has 0 radical (unpaired) electrons. The van der Waals surface area contributed by atoms with Gasteiger partial charge in [0.05, 0.1) is 16.3 Å². The lowest BCUT2D eigenvalue weighted by Crippen LogP contribution is -2.42. The molecule has 1 aliphatic rings. The lowest BCUT2D eigenvalue weighted by molar-refractivity contribution is 0.109. The minimum Gasteiger partial charge on any atom is -0.369 e. The van der Waals surface area contributed by atoms with Gasteiger partial charge in [-0.15, -0.1) is 10.2 Å². The summed E-state index contributed by atoms with van der Waals surface area (Å²) in [4.78, 5) is 6.09. The van der Waals surface area contributed by atoms with Crippen molar-refractivity contribution in [3.8, 4) is 17.2 Å². The Morgan fingerprint density at radius 3 is 2.64 bits per heavy atom. The molecule has 0 spiro atoms. The molecule has 0 unspecified atom stereocenters. The molecule has 1 aliphatic heterocycles. The molecule has 1 saturated heterocycles. The third kappa shape index (κ3) is 3.20. The van der Waals surface area contributed by atoms with Gasteiger partial charge in [0.15, 0.2) is 11.5 Å². The first kappa shape index (κ1) is 18.4. The number of nitrogens with zero attached hydrogens (tertiary/aromatic N) is 6. The largest absolute Gasteiger partial charge is 0.369 e. The fraction of sp³-hybridized carbons (Fsp3) is 0.300. The van der Waals surface area contributed by atoms with Crippen LogP contribution in [0.25, 0.3) is 11.1 Å². The van der Waals surface area contributed by atoms with Gasteiger partial charge in [-0.05, 0) is 23.8 Å². The maximum absolute atomic E-state index is 15.4. The van der Waals surface area contributed by atoms with Crippen molar-refractivity contribution in [2.24, 2.45) is 7.05 Å². The Balaban J connectivity index is 1.62. The molecule has 0 saturated carbocycles. The average molecular weight is 397 g/mol. The van der Waals surface area contributed by atoms with E-state index in [2.05, 4.69) is 21.3 Å². The molecule has 1 aromatic carbocycles. The summed E-state index contributed by atoms with van der Waals surface area (Å²) in [5, 5.41) is 17.9. The predicted octanol–water partition coefficient (Wildman–Crippen LogP) is 3.87. The van der Waals surface area contributed by atoms with Crippen LogP contribution in [0.1, 0.15) is 24.2 Å². The number of aryl methyl sites for hydroxylation is 1. The van der Waals surface area contributed by atoms with Crippen LogP contribution in [0.15, 0.2) is 43.0 Å². The van der Waals surface area contributed by atoms with E-state index >= 15 is 4.39 Å². The maximum atomic E-state index is 15.4. The summed E-state index contributed by atoms with van der Waals surface area (Å²) < 4.78 is 17.0. The lowest BCUT2D eigenvalue weighted by Gasteiger charge is -2.37. The quantitative estimate of drug-likeness (QED) is 0.672. The van der Waals surface area contributed by atoms with Gasteiger partial charge in [0.25, 0.3) is 0 Å². The zero-order valence-corrected chi connectivity index (χ0v) is 16.1. The number of hydrogen-bond acceptors (Lipinski definition) is 5. The van der Waals surface area contributed by atoms with E-state index < -0.39 is 5.67 Å². The molecule has 0 N–H and O–H groups in total. The third-order valence-corrected chi connectivity index (χ3v) is 5.45. The molecule has 28 heavy (non-hydrogen) atoms. The lowest BCUT2D eigenvalue weighted by atomic mass is 9.91. The first-order chi connectivity index (χ1) is 13.5. The van der Waals surface area contributed by atoms with E-state index in [9.17, 15) is 5.26 Å². The number of benzene rings is 1.